The molecule has 0 spiro atoms. The Bertz CT molecular complexity index is 522. The topological polar surface area (TPSA) is 29.5 Å². The van der Waals surface area contributed by atoms with Crippen LogP contribution in [0.5, 0.6) is 0 Å². The van der Waals surface area contributed by atoms with Crippen LogP contribution in [0.15, 0.2) is 18.2 Å². The average molecular weight is 320 g/mol. The van der Waals surface area contributed by atoms with Crippen LogP contribution >= 0.6 is 23.2 Å². The van der Waals surface area contributed by atoms with E-state index in [1.807, 2.05) is 13.8 Å². The molecule has 1 aliphatic heterocycles. The van der Waals surface area contributed by atoms with Gasteiger partial charge in [0, 0.05) is 18.1 Å². The number of carbonyl (C=O) groups excluding carboxylic acids is 1. The number of amides is 1. The van der Waals surface area contributed by atoms with Crippen molar-refractivity contribution in [3.63, 3.8) is 0 Å². The standard InChI is InChI=1S/C14H16Cl2FNO2/c1-14(2)8-18(7-10(6-15)20-14)13(19)11-5-9(16)3-4-12(11)17/h3-5,10H,6-8H2,1-2H3. The maximum Gasteiger partial charge on any atom is 0.257 e. The Labute approximate surface area is 127 Å². The predicted molar refractivity (Wildman–Crippen MR) is 77.0 cm³/mol. The average Bonchev–Trinajstić information content (AvgIpc) is 2.38. The van der Waals surface area contributed by atoms with E-state index in [-0.39, 0.29) is 17.5 Å². The Kier molecular flexibility index (Phi) is 4.57. The van der Waals surface area contributed by atoms with Crippen molar-refractivity contribution in [2.24, 2.45) is 0 Å². The normalized spacial score (nSPS) is 21.9. The maximum absolute atomic E-state index is 13.8. The highest BCUT2D eigenvalue weighted by Crippen LogP contribution is 2.24. The molecular formula is C14H16Cl2FNO2. The number of rotatable bonds is 2. The lowest BCUT2D eigenvalue weighted by Crippen LogP contribution is -2.55. The van der Waals surface area contributed by atoms with Crippen molar-refractivity contribution in [2.45, 2.75) is 25.6 Å². The number of alkyl halides is 1. The molecule has 1 aromatic rings. The fourth-order valence-corrected chi connectivity index (χ4v) is 2.70. The van der Waals surface area contributed by atoms with E-state index in [4.69, 9.17) is 27.9 Å². The van der Waals surface area contributed by atoms with Gasteiger partial charge in [-0.2, -0.15) is 0 Å². The SMILES string of the molecule is CC1(C)CN(C(=O)c2cc(Cl)ccc2F)CC(CCl)O1. The zero-order valence-corrected chi connectivity index (χ0v) is 12.8. The van der Waals surface area contributed by atoms with Gasteiger partial charge < -0.3 is 9.64 Å². The van der Waals surface area contributed by atoms with Crippen molar-refractivity contribution in [3.8, 4) is 0 Å². The zero-order chi connectivity index (χ0) is 14.9. The summed E-state index contributed by atoms with van der Waals surface area (Å²) in [5, 5.41) is 0.330. The number of morpholine rings is 1. The van der Waals surface area contributed by atoms with Gasteiger partial charge in [0.25, 0.3) is 5.91 Å². The molecule has 1 heterocycles. The summed E-state index contributed by atoms with van der Waals surface area (Å²) in [5.41, 5.74) is -0.536. The first-order chi connectivity index (χ1) is 9.32. The first-order valence-corrected chi connectivity index (χ1v) is 7.22. The number of halogens is 3. The van der Waals surface area contributed by atoms with E-state index in [1.54, 1.807) is 4.90 Å². The first-order valence-electron chi connectivity index (χ1n) is 6.30. The second-order valence-electron chi connectivity index (χ2n) is 5.46. The molecule has 6 heteroatoms. The van der Waals surface area contributed by atoms with Crippen molar-refractivity contribution in [3.05, 3.63) is 34.6 Å². The number of benzene rings is 1. The highest BCUT2D eigenvalue weighted by atomic mass is 35.5. The molecule has 1 aliphatic rings. The lowest BCUT2D eigenvalue weighted by molar-refractivity contribution is -0.117. The molecule has 0 N–H and O–H groups in total. The molecule has 0 radical (unpaired) electrons. The zero-order valence-electron chi connectivity index (χ0n) is 11.3. The summed E-state index contributed by atoms with van der Waals surface area (Å²) in [6.45, 7) is 4.48. The smallest absolute Gasteiger partial charge is 0.257 e. The molecule has 0 aliphatic carbocycles. The molecule has 20 heavy (non-hydrogen) atoms. The van der Waals surface area contributed by atoms with Crippen LogP contribution in [0.25, 0.3) is 0 Å². The van der Waals surface area contributed by atoms with Gasteiger partial charge in [0.15, 0.2) is 0 Å². The van der Waals surface area contributed by atoms with Gasteiger partial charge in [0.1, 0.15) is 5.82 Å². The summed E-state index contributed by atoms with van der Waals surface area (Å²) < 4.78 is 19.5. The molecular weight excluding hydrogens is 304 g/mol. The van der Waals surface area contributed by atoms with Gasteiger partial charge in [-0.1, -0.05) is 11.6 Å². The van der Waals surface area contributed by atoms with Gasteiger partial charge in [-0.15, -0.1) is 11.6 Å². The van der Waals surface area contributed by atoms with Gasteiger partial charge in [-0.25, -0.2) is 4.39 Å². The number of hydrogen-bond acceptors (Lipinski definition) is 2. The van der Waals surface area contributed by atoms with Crippen molar-refractivity contribution in [2.75, 3.05) is 19.0 Å². The fourth-order valence-electron chi connectivity index (χ4n) is 2.36. The van der Waals surface area contributed by atoms with E-state index in [2.05, 4.69) is 0 Å². The van der Waals surface area contributed by atoms with Gasteiger partial charge in [-0.3, -0.25) is 4.79 Å². The fraction of sp³-hybridized carbons (Fsp3) is 0.500. The molecule has 0 saturated carbocycles. The highest BCUT2D eigenvalue weighted by Gasteiger charge is 2.36. The molecule has 0 bridgehead atoms. The summed E-state index contributed by atoms with van der Waals surface area (Å²) in [5.74, 6) is -0.687. The summed E-state index contributed by atoms with van der Waals surface area (Å²) in [7, 11) is 0. The number of ether oxygens (including phenoxy) is 1. The molecule has 0 aromatic heterocycles. The van der Waals surface area contributed by atoms with Gasteiger partial charge >= 0.3 is 0 Å². The van der Waals surface area contributed by atoms with E-state index in [0.29, 0.717) is 18.1 Å². The third-order valence-electron chi connectivity index (χ3n) is 3.10. The van der Waals surface area contributed by atoms with E-state index < -0.39 is 17.3 Å². The van der Waals surface area contributed by atoms with Gasteiger partial charge in [-0.05, 0) is 32.0 Å². The van der Waals surface area contributed by atoms with E-state index in [1.165, 1.54) is 18.2 Å². The Hall–Kier alpha value is -0.840. The highest BCUT2D eigenvalue weighted by molar-refractivity contribution is 6.31. The van der Waals surface area contributed by atoms with Crippen molar-refractivity contribution in [1.29, 1.82) is 0 Å². The Morgan fingerprint density at radius 1 is 1.55 bits per heavy atom. The summed E-state index contributed by atoms with van der Waals surface area (Å²) in [6, 6.07) is 3.95. The number of hydrogen-bond donors (Lipinski definition) is 0. The Morgan fingerprint density at radius 2 is 2.25 bits per heavy atom. The Morgan fingerprint density at radius 3 is 2.90 bits per heavy atom. The third kappa shape index (κ3) is 3.43. The van der Waals surface area contributed by atoms with Gasteiger partial charge in [0.2, 0.25) is 0 Å². The summed E-state index contributed by atoms with van der Waals surface area (Å²) >= 11 is 11.7. The lowest BCUT2D eigenvalue weighted by Gasteiger charge is -2.42. The molecule has 1 unspecified atom stereocenters. The van der Waals surface area contributed by atoms with Gasteiger partial charge in [0.05, 0.1) is 23.1 Å². The molecule has 1 amide bonds. The van der Waals surface area contributed by atoms with Crippen LogP contribution in [-0.2, 0) is 4.74 Å². The summed E-state index contributed by atoms with van der Waals surface area (Å²) in [6.07, 6.45) is -0.258. The van der Waals surface area contributed by atoms with Crippen LogP contribution in [0.2, 0.25) is 5.02 Å². The van der Waals surface area contributed by atoms with Crippen LogP contribution in [-0.4, -0.2) is 41.5 Å². The van der Waals surface area contributed by atoms with Crippen LogP contribution in [0.4, 0.5) is 4.39 Å². The second-order valence-corrected chi connectivity index (χ2v) is 6.21. The summed E-state index contributed by atoms with van der Waals surface area (Å²) in [4.78, 5) is 14.0. The Balaban J connectivity index is 2.25. The van der Waals surface area contributed by atoms with E-state index in [9.17, 15) is 9.18 Å². The quantitative estimate of drug-likeness (QED) is 0.782. The molecule has 1 aromatic carbocycles. The molecule has 1 saturated heterocycles. The van der Waals surface area contributed by atoms with E-state index in [0.717, 1.165) is 0 Å². The van der Waals surface area contributed by atoms with Crippen LogP contribution in [0, 0.1) is 5.82 Å². The van der Waals surface area contributed by atoms with Crippen LogP contribution in [0.1, 0.15) is 24.2 Å². The molecule has 1 atom stereocenters. The minimum atomic E-state index is -0.578. The predicted octanol–water partition coefficient (Wildman–Crippen LogP) is 3.34. The van der Waals surface area contributed by atoms with Crippen LogP contribution in [0.3, 0.4) is 0 Å². The monoisotopic (exact) mass is 319 g/mol. The van der Waals surface area contributed by atoms with Crippen molar-refractivity contribution < 1.29 is 13.9 Å². The number of nitrogens with zero attached hydrogens (tertiary/aromatic N) is 1. The molecule has 1 fully saturated rings. The first kappa shape index (κ1) is 15.5. The molecule has 2 rings (SSSR count). The minimum absolute atomic E-state index is 0.0245. The largest absolute Gasteiger partial charge is 0.367 e. The minimum Gasteiger partial charge on any atom is -0.367 e. The van der Waals surface area contributed by atoms with Crippen molar-refractivity contribution >= 4 is 29.1 Å². The molecule has 110 valence electrons. The lowest BCUT2D eigenvalue weighted by atomic mass is 10.0. The molecule has 3 nitrogen and oxygen atoms in total. The van der Waals surface area contributed by atoms with E-state index >= 15 is 0 Å². The maximum atomic E-state index is 13.8. The third-order valence-corrected chi connectivity index (χ3v) is 3.68. The van der Waals surface area contributed by atoms with Crippen molar-refractivity contribution in [1.82, 2.24) is 4.90 Å². The van der Waals surface area contributed by atoms with Crippen LogP contribution < -0.4 is 0 Å². The number of carbonyl (C=O) groups is 1. The second kappa shape index (κ2) is 5.88.